The van der Waals surface area contributed by atoms with Gasteiger partial charge >= 0.3 is 0 Å². The topological polar surface area (TPSA) is 63.8 Å². The summed E-state index contributed by atoms with van der Waals surface area (Å²) in [5.41, 5.74) is 0.788. The number of hydrogen-bond donors (Lipinski definition) is 1. The fourth-order valence-electron chi connectivity index (χ4n) is 3.04. The van der Waals surface area contributed by atoms with E-state index in [2.05, 4.69) is 26.5 Å². The molecular formula is C17H18N4O. The van der Waals surface area contributed by atoms with E-state index in [1.54, 1.807) is 6.20 Å². The molecule has 1 aliphatic heterocycles. The molecule has 1 unspecified atom stereocenters. The number of fused-ring (bicyclic) bond motifs is 1. The highest BCUT2D eigenvalue weighted by Gasteiger charge is 2.17. The van der Waals surface area contributed by atoms with Crippen LogP contribution in [0.25, 0.3) is 22.3 Å². The molecule has 0 aliphatic carbocycles. The van der Waals surface area contributed by atoms with E-state index in [9.17, 15) is 0 Å². The largest absolute Gasteiger partial charge is 0.339 e. The summed E-state index contributed by atoms with van der Waals surface area (Å²) in [5.74, 6) is 2.01. The van der Waals surface area contributed by atoms with Gasteiger partial charge in [0.25, 0.3) is 0 Å². The lowest BCUT2D eigenvalue weighted by atomic mass is 10.0. The average molecular weight is 294 g/mol. The molecule has 0 amide bonds. The van der Waals surface area contributed by atoms with Crippen molar-refractivity contribution in [2.45, 2.75) is 19.3 Å². The van der Waals surface area contributed by atoms with Crippen molar-refractivity contribution in [1.82, 2.24) is 20.4 Å². The second-order valence-corrected chi connectivity index (χ2v) is 5.79. The van der Waals surface area contributed by atoms with Crippen molar-refractivity contribution in [3.63, 3.8) is 0 Å². The number of rotatable bonds is 4. The lowest BCUT2D eigenvalue weighted by Gasteiger charge is -2.04. The van der Waals surface area contributed by atoms with Crippen LogP contribution in [0.2, 0.25) is 0 Å². The highest BCUT2D eigenvalue weighted by atomic mass is 16.5. The predicted octanol–water partition coefficient (Wildman–Crippen LogP) is 2.83. The van der Waals surface area contributed by atoms with Crippen molar-refractivity contribution in [3.05, 3.63) is 42.4 Å². The Labute approximate surface area is 128 Å². The zero-order valence-corrected chi connectivity index (χ0v) is 12.3. The van der Waals surface area contributed by atoms with Gasteiger partial charge in [0.05, 0.1) is 0 Å². The van der Waals surface area contributed by atoms with E-state index < -0.39 is 0 Å². The minimum Gasteiger partial charge on any atom is -0.339 e. The summed E-state index contributed by atoms with van der Waals surface area (Å²) in [6, 6.07) is 10.1. The number of nitrogens with zero attached hydrogens (tertiary/aromatic N) is 3. The van der Waals surface area contributed by atoms with Crippen LogP contribution in [0.4, 0.5) is 0 Å². The molecule has 1 N–H and O–H groups in total. The molecule has 1 atom stereocenters. The van der Waals surface area contributed by atoms with Crippen LogP contribution in [0.5, 0.6) is 0 Å². The predicted molar refractivity (Wildman–Crippen MR) is 84.3 cm³/mol. The number of aryl methyl sites for hydroxylation is 1. The average Bonchev–Trinajstić information content (AvgIpc) is 3.24. The molecule has 5 nitrogen and oxygen atoms in total. The van der Waals surface area contributed by atoms with Gasteiger partial charge in [0.1, 0.15) is 5.69 Å². The summed E-state index contributed by atoms with van der Waals surface area (Å²) < 4.78 is 5.41. The zero-order chi connectivity index (χ0) is 14.8. The molecule has 0 bridgehead atoms. The van der Waals surface area contributed by atoms with Crippen molar-refractivity contribution < 1.29 is 4.52 Å². The summed E-state index contributed by atoms with van der Waals surface area (Å²) >= 11 is 0. The Kier molecular flexibility index (Phi) is 3.56. The fourth-order valence-corrected chi connectivity index (χ4v) is 3.04. The van der Waals surface area contributed by atoms with Crippen LogP contribution in [0.1, 0.15) is 18.7 Å². The molecular weight excluding hydrogens is 276 g/mol. The number of benzene rings is 1. The van der Waals surface area contributed by atoms with Crippen LogP contribution in [-0.2, 0) is 6.42 Å². The Balaban J connectivity index is 1.57. The van der Waals surface area contributed by atoms with Crippen LogP contribution < -0.4 is 5.32 Å². The van der Waals surface area contributed by atoms with Crippen LogP contribution in [0.3, 0.4) is 0 Å². The highest BCUT2D eigenvalue weighted by molar-refractivity contribution is 5.92. The molecule has 5 heteroatoms. The van der Waals surface area contributed by atoms with Gasteiger partial charge in [-0.3, -0.25) is 4.98 Å². The molecule has 1 aromatic carbocycles. The van der Waals surface area contributed by atoms with Crippen molar-refractivity contribution in [2.75, 3.05) is 13.1 Å². The van der Waals surface area contributed by atoms with E-state index in [4.69, 9.17) is 4.52 Å². The van der Waals surface area contributed by atoms with Crippen molar-refractivity contribution in [2.24, 2.45) is 5.92 Å². The molecule has 1 fully saturated rings. The molecule has 1 saturated heterocycles. The Morgan fingerprint density at radius 2 is 2.18 bits per heavy atom. The smallest absolute Gasteiger partial charge is 0.227 e. The summed E-state index contributed by atoms with van der Waals surface area (Å²) in [6.45, 7) is 2.23. The first-order chi connectivity index (χ1) is 10.9. The van der Waals surface area contributed by atoms with Gasteiger partial charge in [0.15, 0.2) is 0 Å². The zero-order valence-electron chi connectivity index (χ0n) is 12.3. The van der Waals surface area contributed by atoms with Crippen molar-refractivity contribution in [3.8, 4) is 11.5 Å². The molecule has 1 aliphatic rings. The van der Waals surface area contributed by atoms with Crippen molar-refractivity contribution in [1.29, 1.82) is 0 Å². The summed E-state index contributed by atoms with van der Waals surface area (Å²) in [4.78, 5) is 8.96. The normalized spacial score (nSPS) is 18.1. The highest BCUT2D eigenvalue weighted by Crippen LogP contribution is 2.24. The Bertz CT molecular complexity index is 772. The van der Waals surface area contributed by atoms with Gasteiger partial charge in [0.2, 0.25) is 11.7 Å². The third-order valence-electron chi connectivity index (χ3n) is 4.28. The quantitative estimate of drug-likeness (QED) is 0.801. The maximum atomic E-state index is 5.41. The minimum absolute atomic E-state index is 0.580. The van der Waals surface area contributed by atoms with Crippen molar-refractivity contribution >= 4 is 10.8 Å². The first kappa shape index (κ1) is 13.4. The van der Waals surface area contributed by atoms with Crippen LogP contribution >= 0.6 is 0 Å². The first-order valence-corrected chi connectivity index (χ1v) is 7.77. The molecule has 4 rings (SSSR count). The monoisotopic (exact) mass is 294 g/mol. The second kappa shape index (κ2) is 5.85. The van der Waals surface area contributed by atoms with Gasteiger partial charge in [0, 0.05) is 18.0 Å². The number of nitrogens with one attached hydrogen (secondary N) is 1. The minimum atomic E-state index is 0.580. The first-order valence-electron chi connectivity index (χ1n) is 7.77. The Morgan fingerprint density at radius 3 is 3.09 bits per heavy atom. The third kappa shape index (κ3) is 2.60. The SMILES string of the molecule is c1ccc2c(-c3noc(CCC4CCNC4)n3)nccc2c1. The fraction of sp³-hybridized carbons (Fsp3) is 0.353. The van der Waals surface area contributed by atoms with Gasteiger partial charge in [-0.1, -0.05) is 29.4 Å². The molecule has 0 saturated carbocycles. The number of hydrogen-bond acceptors (Lipinski definition) is 5. The van der Waals surface area contributed by atoms with E-state index in [0.29, 0.717) is 11.7 Å². The number of pyridine rings is 1. The molecule has 3 heterocycles. The summed E-state index contributed by atoms with van der Waals surface area (Å²) in [5, 5.41) is 9.69. The van der Waals surface area contributed by atoms with E-state index in [1.165, 1.54) is 6.42 Å². The van der Waals surface area contributed by atoms with Gasteiger partial charge in [-0.05, 0) is 43.3 Å². The maximum absolute atomic E-state index is 5.41. The molecule has 2 aromatic heterocycles. The third-order valence-corrected chi connectivity index (χ3v) is 4.28. The lowest BCUT2D eigenvalue weighted by molar-refractivity contribution is 0.365. The number of aromatic nitrogens is 3. The van der Waals surface area contributed by atoms with Gasteiger partial charge in [-0.25, -0.2) is 0 Å². The van der Waals surface area contributed by atoms with Crippen LogP contribution in [0, 0.1) is 5.92 Å². The van der Waals surface area contributed by atoms with E-state index >= 15 is 0 Å². The second-order valence-electron chi connectivity index (χ2n) is 5.79. The molecule has 112 valence electrons. The standard InChI is InChI=1S/C17H18N4O/c1-2-4-14-13(3-1)8-10-19-16(14)17-20-15(22-21-17)6-5-12-7-9-18-11-12/h1-4,8,10,12,18H,5-7,9,11H2. The Hall–Kier alpha value is -2.27. The van der Waals surface area contributed by atoms with E-state index in [-0.39, 0.29) is 0 Å². The summed E-state index contributed by atoms with van der Waals surface area (Å²) in [7, 11) is 0. The van der Waals surface area contributed by atoms with Crippen LogP contribution in [0.15, 0.2) is 41.1 Å². The van der Waals surface area contributed by atoms with Gasteiger partial charge in [-0.15, -0.1) is 0 Å². The maximum Gasteiger partial charge on any atom is 0.227 e. The van der Waals surface area contributed by atoms with E-state index in [0.717, 1.165) is 48.3 Å². The van der Waals surface area contributed by atoms with Gasteiger partial charge < -0.3 is 9.84 Å². The lowest BCUT2D eigenvalue weighted by Crippen LogP contribution is -2.09. The molecule has 3 aromatic rings. The summed E-state index contributed by atoms with van der Waals surface area (Å²) in [6.07, 6.45) is 4.96. The Morgan fingerprint density at radius 1 is 1.23 bits per heavy atom. The van der Waals surface area contributed by atoms with E-state index in [1.807, 2.05) is 24.3 Å². The molecule has 22 heavy (non-hydrogen) atoms. The van der Waals surface area contributed by atoms with Gasteiger partial charge in [-0.2, -0.15) is 4.98 Å². The molecule has 0 radical (unpaired) electrons. The molecule has 0 spiro atoms. The van der Waals surface area contributed by atoms with Crippen LogP contribution in [-0.4, -0.2) is 28.2 Å².